The molecule has 0 saturated heterocycles. The van der Waals surface area contributed by atoms with Gasteiger partial charge in [0.2, 0.25) is 17.2 Å². The van der Waals surface area contributed by atoms with Crippen LogP contribution in [0.4, 0.5) is 0 Å². The van der Waals surface area contributed by atoms with Gasteiger partial charge in [-0.25, -0.2) is 0 Å². The molecule has 1 heterocycles. The summed E-state index contributed by atoms with van der Waals surface area (Å²) in [5, 5.41) is 20.7. The number of hydrogen-bond acceptors (Lipinski definition) is 5. The molecule has 5 heteroatoms. The number of aromatic nitrogens is 1. The van der Waals surface area contributed by atoms with E-state index in [0.29, 0.717) is 5.56 Å². The second-order valence-corrected chi connectivity index (χ2v) is 4.77. The fourth-order valence-electron chi connectivity index (χ4n) is 2.44. The molecule has 0 spiro atoms. The highest BCUT2D eigenvalue weighted by Crippen LogP contribution is 2.41. The van der Waals surface area contributed by atoms with Crippen molar-refractivity contribution in [2.75, 3.05) is 0 Å². The van der Waals surface area contributed by atoms with E-state index >= 15 is 0 Å². The van der Waals surface area contributed by atoms with E-state index in [1.807, 2.05) is 0 Å². The molecule has 2 N–H and O–H groups in total. The average molecular weight is 269 g/mol. The minimum Gasteiger partial charge on any atom is -0.507 e. The monoisotopic (exact) mass is 269 g/mol. The summed E-state index contributed by atoms with van der Waals surface area (Å²) >= 11 is 0. The molecule has 20 heavy (non-hydrogen) atoms. The Labute approximate surface area is 114 Å². The second kappa shape index (κ2) is 3.98. The van der Waals surface area contributed by atoms with Crippen molar-refractivity contribution in [3.8, 4) is 5.75 Å². The average Bonchev–Trinajstić information content (AvgIpc) is 2.65. The molecule has 0 unspecified atom stereocenters. The van der Waals surface area contributed by atoms with Gasteiger partial charge in [0, 0.05) is 29.1 Å². The summed E-state index contributed by atoms with van der Waals surface area (Å²) in [6.45, 7) is 1.58. The summed E-state index contributed by atoms with van der Waals surface area (Å²) in [4.78, 5) is 28.6. The first-order valence-electron chi connectivity index (χ1n) is 6.03. The number of nitrogens with zero attached hydrogens (tertiary/aromatic N) is 1. The zero-order valence-electron chi connectivity index (χ0n) is 10.6. The molecule has 0 atom stereocenters. The third-order valence-corrected chi connectivity index (χ3v) is 3.56. The van der Waals surface area contributed by atoms with E-state index in [9.17, 15) is 19.8 Å². The minimum absolute atomic E-state index is 0.154. The Bertz CT molecular complexity index is 716. The van der Waals surface area contributed by atoms with Crippen LogP contribution >= 0.6 is 0 Å². The predicted octanol–water partition coefficient (Wildman–Crippen LogP) is 1.36. The van der Waals surface area contributed by atoms with Gasteiger partial charge in [0.25, 0.3) is 0 Å². The van der Waals surface area contributed by atoms with Gasteiger partial charge in [-0.1, -0.05) is 24.3 Å². The first-order chi connectivity index (χ1) is 9.48. The fourth-order valence-corrected chi connectivity index (χ4v) is 2.44. The lowest BCUT2D eigenvalue weighted by Crippen LogP contribution is -2.38. The number of benzene rings is 1. The van der Waals surface area contributed by atoms with Crippen molar-refractivity contribution in [3.05, 3.63) is 58.9 Å². The Kier molecular flexibility index (Phi) is 2.49. The van der Waals surface area contributed by atoms with E-state index in [2.05, 4.69) is 4.98 Å². The molecule has 3 rings (SSSR count). The van der Waals surface area contributed by atoms with Crippen LogP contribution in [0.2, 0.25) is 0 Å². The van der Waals surface area contributed by atoms with Crippen LogP contribution in [0, 0.1) is 6.92 Å². The highest BCUT2D eigenvalue weighted by molar-refractivity contribution is 6.32. The number of ketones is 2. The Morgan fingerprint density at radius 2 is 1.60 bits per heavy atom. The summed E-state index contributed by atoms with van der Waals surface area (Å²) in [7, 11) is 0. The molecule has 1 aliphatic carbocycles. The number of pyridine rings is 1. The second-order valence-electron chi connectivity index (χ2n) is 4.77. The number of fused-ring (bicyclic) bond motifs is 1. The van der Waals surface area contributed by atoms with Gasteiger partial charge in [0.05, 0.1) is 5.56 Å². The largest absolute Gasteiger partial charge is 0.507 e. The van der Waals surface area contributed by atoms with Crippen LogP contribution in [0.15, 0.2) is 36.7 Å². The summed E-state index contributed by atoms with van der Waals surface area (Å²) in [5.41, 5.74) is -1.88. The molecule has 1 aromatic heterocycles. The summed E-state index contributed by atoms with van der Waals surface area (Å²) in [6.07, 6.45) is 2.53. The Morgan fingerprint density at radius 1 is 1.05 bits per heavy atom. The molecule has 5 nitrogen and oxygen atoms in total. The Hall–Kier alpha value is -2.53. The van der Waals surface area contributed by atoms with E-state index in [1.165, 1.54) is 18.3 Å². The Morgan fingerprint density at radius 3 is 2.15 bits per heavy atom. The summed E-state index contributed by atoms with van der Waals surface area (Å²) in [6, 6.07) is 6.19. The number of rotatable bonds is 1. The highest BCUT2D eigenvalue weighted by atomic mass is 16.3. The molecule has 0 amide bonds. The summed E-state index contributed by atoms with van der Waals surface area (Å²) in [5.74, 6) is -1.77. The molecule has 2 aromatic rings. The SMILES string of the molecule is Cc1cncc(C2(O)C(=O)c3ccccc3C2=O)c1O. The lowest BCUT2D eigenvalue weighted by molar-refractivity contribution is 0.0311. The highest BCUT2D eigenvalue weighted by Gasteiger charge is 2.54. The molecule has 1 aliphatic rings. The van der Waals surface area contributed by atoms with E-state index in [1.54, 1.807) is 19.1 Å². The van der Waals surface area contributed by atoms with Crippen molar-refractivity contribution in [2.24, 2.45) is 0 Å². The van der Waals surface area contributed by atoms with Crippen LogP contribution < -0.4 is 0 Å². The van der Waals surface area contributed by atoms with Crippen LogP contribution in [0.25, 0.3) is 0 Å². The van der Waals surface area contributed by atoms with Crippen molar-refractivity contribution in [1.29, 1.82) is 0 Å². The van der Waals surface area contributed by atoms with Crippen molar-refractivity contribution >= 4 is 11.6 Å². The van der Waals surface area contributed by atoms with Crippen molar-refractivity contribution in [1.82, 2.24) is 4.98 Å². The molecule has 100 valence electrons. The zero-order valence-corrected chi connectivity index (χ0v) is 10.6. The summed E-state index contributed by atoms with van der Waals surface area (Å²) < 4.78 is 0. The molecule has 1 aromatic carbocycles. The van der Waals surface area contributed by atoms with Gasteiger partial charge >= 0.3 is 0 Å². The molecule has 0 radical (unpaired) electrons. The number of aryl methyl sites for hydroxylation is 1. The van der Waals surface area contributed by atoms with Gasteiger partial charge in [0.15, 0.2) is 0 Å². The zero-order chi connectivity index (χ0) is 14.5. The lowest BCUT2D eigenvalue weighted by atomic mass is 9.88. The van der Waals surface area contributed by atoms with Gasteiger partial charge < -0.3 is 10.2 Å². The number of aromatic hydroxyl groups is 1. The quantitative estimate of drug-likeness (QED) is 0.763. The predicted molar refractivity (Wildman–Crippen MR) is 69.6 cm³/mol. The van der Waals surface area contributed by atoms with Crippen LogP contribution in [0.5, 0.6) is 5.75 Å². The molecule has 0 aliphatic heterocycles. The van der Waals surface area contributed by atoms with Crippen LogP contribution in [-0.4, -0.2) is 26.8 Å². The molecule has 0 saturated carbocycles. The molecular formula is C15H11NO4. The van der Waals surface area contributed by atoms with Gasteiger partial charge in [-0.2, -0.15) is 0 Å². The number of hydrogen-bond donors (Lipinski definition) is 2. The van der Waals surface area contributed by atoms with E-state index < -0.39 is 17.2 Å². The first-order valence-corrected chi connectivity index (χ1v) is 6.03. The van der Waals surface area contributed by atoms with Gasteiger partial charge in [-0.3, -0.25) is 14.6 Å². The smallest absolute Gasteiger partial charge is 0.221 e. The molecular weight excluding hydrogens is 258 g/mol. The van der Waals surface area contributed by atoms with E-state index in [0.717, 1.165) is 6.20 Å². The fraction of sp³-hybridized carbons (Fsp3) is 0.133. The maximum Gasteiger partial charge on any atom is 0.221 e. The third-order valence-electron chi connectivity index (χ3n) is 3.56. The van der Waals surface area contributed by atoms with Gasteiger partial charge in [0.1, 0.15) is 5.75 Å². The van der Waals surface area contributed by atoms with Crippen LogP contribution in [0.3, 0.4) is 0 Å². The normalized spacial score (nSPS) is 16.3. The molecule has 0 bridgehead atoms. The number of carbonyl (C=O) groups is 2. The maximum absolute atomic E-state index is 12.4. The van der Waals surface area contributed by atoms with E-state index in [4.69, 9.17) is 0 Å². The van der Waals surface area contributed by atoms with Crippen LogP contribution in [-0.2, 0) is 5.60 Å². The topological polar surface area (TPSA) is 87.5 Å². The first kappa shape index (κ1) is 12.5. The van der Waals surface area contributed by atoms with Crippen molar-refractivity contribution < 1.29 is 19.8 Å². The minimum atomic E-state index is -2.40. The lowest BCUT2D eigenvalue weighted by Gasteiger charge is -2.20. The number of carbonyl (C=O) groups excluding carboxylic acids is 2. The molecule has 0 fully saturated rings. The number of aliphatic hydroxyl groups is 1. The van der Waals surface area contributed by atoms with Crippen molar-refractivity contribution in [2.45, 2.75) is 12.5 Å². The van der Waals surface area contributed by atoms with Crippen molar-refractivity contribution in [3.63, 3.8) is 0 Å². The van der Waals surface area contributed by atoms with E-state index in [-0.39, 0.29) is 22.4 Å². The maximum atomic E-state index is 12.4. The Balaban J connectivity index is 2.27. The van der Waals surface area contributed by atoms with Gasteiger partial charge in [-0.15, -0.1) is 0 Å². The number of Topliss-reactive ketones (excluding diaryl/α,β-unsaturated/α-hetero) is 2. The third kappa shape index (κ3) is 1.38. The van der Waals surface area contributed by atoms with Gasteiger partial charge in [-0.05, 0) is 6.92 Å². The standard InChI is InChI=1S/C15H11NO4/c1-8-6-16-7-11(12(8)17)15(20)13(18)9-4-2-3-5-10(9)14(15)19/h2-7,20H,1H3,(H,16,17). The van der Waals surface area contributed by atoms with Crippen LogP contribution in [0.1, 0.15) is 31.8 Å².